The summed E-state index contributed by atoms with van der Waals surface area (Å²) in [7, 11) is 0. The van der Waals surface area contributed by atoms with E-state index in [0.717, 1.165) is 99.5 Å². The zero-order chi connectivity index (χ0) is 53.8. The van der Waals surface area contributed by atoms with E-state index < -0.39 is 0 Å². The predicted molar refractivity (Wildman–Crippen MR) is 322 cm³/mol. The van der Waals surface area contributed by atoms with Crippen LogP contribution < -0.4 is 0 Å². The monoisotopic (exact) mass is 1050 g/mol. The van der Waals surface area contributed by atoms with Gasteiger partial charge in [0.05, 0.1) is 0 Å². The normalized spacial score (nSPS) is 14.1. The lowest BCUT2D eigenvalue weighted by molar-refractivity contribution is 0.669. The summed E-state index contributed by atoms with van der Waals surface area (Å²) in [6.07, 6.45) is 7.24. The van der Waals surface area contributed by atoms with E-state index >= 15 is 0 Å². The highest BCUT2D eigenvalue weighted by Gasteiger charge is 2.41. The predicted octanol–water partition coefficient (Wildman–Crippen LogP) is 17.0. The molecular formula is C72H42N8O2. The first-order valence-corrected chi connectivity index (χ1v) is 27.3. The van der Waals surface area contributed by atoms with E-state index in [1.165, 1.54) is 33.4 Å². The minimum atomic E-state index is -0.0236. The number of fused-ring (bicyclic) bond motifs is 6. The van der Waals surface area contributed by atoms with Gasteiger partial charge in [0.15, 0.2) is 34.9 Å². The van der Waals surface area contributed by atoms with Crippen LogP contribution in [0.3, 0.4) is 0 Å². The molecule has 6 heterocycles. The Morgan fingerprint density at radius 3 is 1.01 bits per heavy atom. The van der Waals surface area contributed by atoms with Crippen LogP contribution in [-0.2, 0) is 0 Å². The van der Waals surface area contributed by atoms with Crippen molar-refractivity contribution in [3.05, 3.63) is 277 Å². The molecule has 0 saturated carbocycles. The Hall–Kier alpha value is -11.1. The van der Waals surface area contributed by atoms with Crippen molar-refractivity contribution in [3.63, 3.8) is 0 Å². The fourth-order valence-electron chi connectivity index (χ4n) is 12.5. The third-order valence-electron chi connectivity index (χ3n) is 16.4. The first kappa shape index (κ1) is 45.9. The molecule has 0 aliphatic heterocycles. The molecule has 18 rings (SSSR count). The number of benzene rings is 9. The SMILES string of the molecule is c1ccc(-c2nc(-c3ccc(-c4cccc5c4oc4ccncc45)cc3)nc(-c3ccc4c(c3)C3c5ccccc5C4c4cc(-c5nc(-c6ccccc6)nc(-c6ccc(-c7cccc8c7oc7ccncc78)cc6)n5)ccc43)n2)cc1. The van der Waals surface area contributed by atoms with Gasteiger partial charge in [0.1, 0.15) is 22.3 Å². The van der Waals surface area contributed by atoms with Crippen molar-refractivity contribution in [1.82, 2.24) is 39.9 Å². The van der Waals surface area contributed by atoms with Gasteiger partial charge in [0.25, 0.3) is 0 Å². The molecule has 2 unspecified atom stereocenters. The second kappa shape index (κ2) is 18.2. The molecule has 0 amide bonds. The molecule has 6 aromatic heterocycles. The topological polar surface area (TPSA) is 129 Å². The molecule has 10 nitrogen and oxygen atoms in total. The molecule has 2 atom stereocenters. The van der Waals surface area contributed by atoms with Crippen LogP contribution in [0.2, 0.25) is 0 Å². The van der Waals surface area contributed by atoms with Crippen LogP contribution >= 0.6 is 0 Å². The number of rotatable bonds is 8. The molecular weight excluding hydrogens is 1010 g/mol. The van der Waals surface area contributed by atoms with E-state index in [1.54, 1.807) is 12.4 Å². The number of hydrogen-bond donors (Lipinski definition) is 0. The molecule has 3 aliphatic rings. The Morgan fingerprint density at radius 2 is 0.598 bits per heavy atom. The van der Waals surface area contributed by atoms with Gasteiger partial charge in [-0.05, 0) is 68.8 Å². The van der Waals surface area contributed by atoms with E-state index in [2.05, 4.69) is 156 Å². The highest BCUT2D eigenvalue weighted by Crippen LogP contribution is 2.57. The maximum atomic E-state index is 6.38. The second-order valence-corrected chi connectivity index (χ2v) is 21.0. The van der Waals surface area contributed by atoms with Gasteiger partial charge in [-0.25, -0.2) is 29.9 Å². The van der Waals surface area contributed by atoms with Crippen LogP contribution in [0.4, 0.5) is 0 Å². The van der Waals surface area contributed by atoms with Gasteiger partial charge < -0.3 is 8.83 Å². The summed E-state index contributed by atoms with van der Waals surface area (Å²) < 4.78 is 12.8. The summed E-state index contributed by atoms with van der Waals surface area (Å²) >= 11 is 0. The van der Waals surface area contributed by atoms with Gasteiger partial charge in [-0.2, -0.15) is 0 Å². The molecule has 2 bridgehead atoms. The van der Waals surface area contributed by atoms with Crippen molar-refractivity contribution in [1.29, 1.82) is 0 Å². The number of pyridine rings is 2. The number of aromatic nitrogens is 8. The van der Waals surface area contributed by atoms with Crippen molar-refractivity contribution in [2.45, 2.75) is 11.8 Å². The van der Waals surface area contributed by atoms with E-state index in [1.807, 2.05) is 85.2 Å². The largest absolute Gasteiger partial charge is 0.455 e. The molecule has 0 spiro atoms. The number of furan rings is 2. The number of hydrogen-bond acceptors (Lipinski definition) is 10. The molecule has 82 heavy (non-hydrogen) atoms. The zero-order valence-electron chi connectivity index (χ0n) is 43.6. The number of nitrogens with zero attached hydrogens (tertiary/aromatic N) is 8. The first-order chi connectivity index (χ1) is 40.6. The standard InChI is InChI=1S/C72H42N8O2/c1-3-11-43(12-4-1)67-75-69(45-25-21-41(22-26-45)49-17-9-19-55-59-39-73-35-33-61(59)81-65(49)55)79-71(77-67)47-29-31-53-57(37-47)63-51-15-7-8-16-52(51)64(53)58-38-48(30-32-54(58)63)72-78-68(44-13-5-2-6-14-44)76-70(80-72)46-27-23-42(24-28-46)50-18-10-20-56-60-40-74-36-34-62(60)82-66(50)56/h1-40,63-64H. The fourth-order valence-corrected chi connectivity index (χ4v) is 12.5. The van der Waals surface area contributed by atoms with Crippen molar-refractivity contribution in [2.75, 3.05) is 0 Å². The van der Waals surface area contributed by atoms with E-state index in [0.29, 0.717) is 34.9 Å². The van der Waals surface area contributed by atoms with Crippen molar-refractivity contribution < 1.29 is 8.83 Å². The number of para-hydroxylation sites is 2. The van der Waals surface area contributed by atoms with E-state index in [4.69, 9.17) is 38.7 Å². The third kappa shape index (κ3) is 7.35. The average molecular weight is 1050 g/mol. The van der Waals surface area contributed by atoms with Crippen LogP contribution in [0.5, 0.6) is 0 Å². The molecule has 3 aliphatic carbocycles. The molecule has 0 N–H and O–H groups in total. The smallest absolute Gasteiger partial charge is 0.164 e. The zero-order valence-corrected chi connectivity index (χ0v) is 43.6. The van der Waals surface area contributed by atoms with Gasteiger partial charge >= 0.3 is 0 Å². The Balaban J connectivity index is 0.740. The summed E-state index contributed by atoms with van der Waals surface area (Å²) in [5.41, 5.74) is 20.4. The van der Waals surface area contributed by atoms with Gasteiger partial charge in [-0.3, -0.25) is 9.97 Å². The summed E-state index contributed by atoms with van der Waals surface area (Å²) in [5.74, 6) is 3.57. The Kier molecular flexibility index (Phi) is 10.2. The maximum Gasteiger partial charge on any atom is 0.164 e. The minimum absolute atomic E-state index is 0.0236. The highest BCUT2D eigenvalue weighted by atomic mass is 16.3. The quantitative estimate of drug-likeness (QED) is 0.145. The van der Waals surface area contributed by atoms with Crippen LogP contribution in [0.1, 0.15) is 45.2 Å². The lowest BCUT2D eigenvalue weighted by Gasteiger charge is -2.42. The highest BCUT2D eigenvalue weighted by molar-refractivity contribution is 6.10. The molecule has 9 aromatic carbocycles. The molecule has 15 aromatic rings. The second-order valence-electron chi connectivity index (χ2n) is 21.0. The van der Waals surface area contributed by atoms with Crippen LogP contribution in [0, 0.1) is 0 Å². The third-order valence-corrected chi connectivity index (χ3v) is 16.4. The van der Waals surface area contributed by atoms with Crippen molar-refractivity contribution in [2.24, 2.45) is 0 Å². The lowest BCUT2D eigenvalue weighted by Crippen LogP contribution is -2.27. The summed E-state index contributed by atoms with van der Waals surface area (Å²) in [4.78, 5) is 39.8. The summed E-state index contributed by atoms with van der Waals surface area (Å²) in [6, 6.07) is 75.8. The average Bonchev–Trinajstić information content (AvgIpc) is 1.41. The minimum Gasteiger partial charge on any atom is -0.455 e. The van der Waals surface area contributed by atoms with Crippen LogP contribution in [-0.4, -0.2) is 39.9 Å². The first-order valence-electron chi connectivity index (χ1n) is 27.3. The van der Waals surface area contributed by atoms with Gasteiger partial charge in [-0.1, -0.05) is 194 Å². The maximum absolute atomic E-state index is 6.38. The van der Waals surface area contributed by atoms with Gasteiger partial charge in [0, 0.05) is 103 Å². The van der Waals surface area contributed by atoms with E-state index in [9.17, 15) is 0 Å². The Labute approximate surface area is 469 Å². The molecule has 0 radical (unpaired) electrons. The Morgan fingerprint density at radius 1 is 0.256 bits per heavy atom. The van der Waals surface area contributed by atoms with Crippen LogP contribution in [0.25, 0.3) is 134 Å². The van der Waals surface area contributed by atoms with Crippen LogP contribution in [0.15, 0.2) is 252 Å². The molecule has 0 saturated heterocycles. The summed E-state index contributed by atoms with van der Waals surface area (Å²) in [5, 5.41) is 4.06. The molecule has 382 valence electrons. The van der Waals surface area contributed by atoms with Gasteiger partial charge in [-0.15, -0.1) is 0 Å². The molecule has 10 heteroatoms. The fraction of sp³-hybridized carbons (Fsp3) is 0.0278. The van der Waals surface area contributed by atoms with Crippen molar-refractivity contribution >= 4 is 43.9 Å². The Bertz CT molecular complexity index is 4740. The van der Waals surface area contributed by atoms with E-state index in [-0.39, 0.29) is 11.8 Å². The summed E-state index contributed by atoms with van der Waals surface area (Å²) in [6.45, 7) is 0. The lowest BCUT2D eigenvalue weighted by atomic mass is 9.61. The van der Waals surface area contributed by atoms with Gasteiger partial charge in [0.2, 0.25) is 0 Å². The molecule has 0 fully saturated rings. The van der Waals surface area contributed by atoms with Crippen molar-refractivity contribution in [3.8, 4) is 90.6 Å².